The van der Waals surface area contributed by atoms with Crippen LogP contribution in [0.5, 0.6) is 0 Å². The Morgan fingerprint density at radius 2 is 1.92 bits per heavy atom. The Morgan fingerprint density at radius 1 is 1.16 bits per heavy atom. The zero-order valence-corrected chi connectivity index (χ0v) is 16.6. The zero-order valence-electron chi connectivity index (χ0n) is 15.9. The number of halogens is 1. The third-order valence-electron chi connectivity index (χ3n) is 4.59. The van der Waals surface area contributed by atoms with Crippen LogP contribution in [-0.4, -0.2) is 37.5 Å². The highest BCUT2D eigenvalue weighted by molar-refractivity contribution is 6.21. The second-order valence-electron chi connectivity index (χ2n) is 6.70. The molecule has 0 radical (unpaired) electrons. The molecule has 146 valence electrons. The molecular weight excluding hydrogens is 340 g/mol. The van der Waals surface area contributed by atoms with Gasteiger partial charge in [-0.3, -0.25) is 4.79 Å². The maximum Gasteiger partial charge on any atom is 0.305 e. The van der Waals surface area contributed by atoms with Crippen molar-refractivity contribution in [3.63, 3.8) is 0 Å². The van der Waals surface area contributed by atoms with Crippen LogP contribution in [0.1, 0.15) is 77.6 Å². The number of carbonyl (C=O) groups is 1. The third-order valence-corrected chi connectivity index (χ3v) is 5.06. The number of allylic oxidation sites excluding steroid dienone is 1. The molecule has 0 aliphatic carbocycles. The Hall–Kier alpha value is -0.580. The van der Waals surface area contributed by atoms with Crippen molar-refractivity contribution >= 4 is 17.6 Å². The highest BCUT2D eigenvalue weighted by Crippen LogP contribution is 2.25. The summed E-state index contributed by atoms with van der Waals surface area (Å²) in [7, 11) is 1.44. The van der Waals surface area contributed by atoms with Crippen LogP contribution in [0.4, 0.5) is 0 Å². The molecule has 1 aliphatic rings. The summed E-state index contributed by atoms with van der Waals surface area (Å²) in [6.45, 7) is 2.54. The standard InChI is InChI=1S/C20H35ClO4/c1-3-4-10-13-17(21)20-18(24-16-25-20)14-11-8-6-5-7-9-12-15-19(22)23-2/h11,14,17-18,20H,3-10,12-13,15-16H2,1-2H3/b14-11+. The highest BCUT2D eigenvalue weighted by atomic mass is 35.5. The fourth-order valence-electron chi connectivity index (χ4n) is 3.01. The molecule has 3 unspecified atom stereocenters. The molecule has 4 nitrogen and oxygen atoms in total. The van der Waals surface area contributed by atoms with Crippen LogP contribution in [0.25, 0.3) is 0 Å². The number of alkyl halides is 1. The van der Waals surface area contributed by atoms with Crippen molar-refractivity contribution in [1.29, 1.82) is 0 Å². The minimum Gasteiger partial charge on any atom is -0.469 e. The number of methoxy groups -OCH3 is 1. The first kappa shape index (κ1) is 22.5. The average molecular weight is 375 g/mol. The van der Waals surface area contributed by atoms with Gasteiger partial charge >= 0.3 is 5.97 Å². The van der Waals surface area contributed by atoms with Crippen molar-refractivity contribution < 1.29 is 19.0 Å². The number of hydrogen-bond donors (Lipinski definition) is 0. The van der Waals surface area contributed by atoms with E-state index in [-0.39, 0.29) is 23.6 Å². The molecule has 0 aromatic rings. The van der Waals surface area contributed by atoms with Gasteiger partial charge in [-0.1, -0.05) is 57.6 Å². The molecule has 1 fully saturated rings. The summed E-state index contributed by atoms with van der Waals surface area (Å²) in [5, 5.41) is 0.0264. The van der Waals surface area contributed by atoms with Crippen molar-refractivity contribution in [2.24, 2.45) is 0 Å². The molecule has 0 aromatic carbocycles. The van der Waals surface area contributed by atoms with Crippen LogP contribution in [0.3, 0.4) is 0 Å². The Kier molecular flexibility index (Phi) is 13.1. The van der Waals surface area contributed by atoms with Crippen LogP contribution in [-0.2, 0) is 19.0 Å². The van der Waals surface area contributed by atoms with Crippen molar-refractivity contribution in [3.05, 3.63) is 12.2 Å². The van der Waals surface area contributed by atoms with Crippen molar-refractivity contribution in [2.45, 2.75) is 95.1 Å². The van der Waals surface area contributed by atoms with E-state index in [4.69, 9.17) is 21.1 Å². The first-order valence-electron chi connectivity index (χ1n) is 9.79. The second kappa shape index (κ2) is 14.6. The molecule has 0 bridgehead atoms. The summed E-state index contributed by atoms with van der Waals surface area (Å²) in [6.07, 6.45) is 15.9. The van der Waals surface area contributed by atoms with E-state index in [2.05, 4.69) is 23.8 Å². The van der Waals surface area contributed by atoms with Crippen LogP contribution < -0.4 is 0 Å². The van der Waals surface area contributed by atoms with Crippen molar-refractivity contribution in [1.82, 2.24) is 0 Å². The van der Waals surface area contributed by atoms with Crippen LogP contribution in [0.2, 0.25) is 0 Å². The molecule has 1 saturated heterocycles. The van der Waals surface area contributed by atoms with Crippen LogP contribution in [0.15, 0.2) is 12.2 Å². The Morgan fingerprint density at radius 3 is 2.68 bits per heavy atom. The summed E-state index contributed by atoms with van der Waals surface area (Å²) < 4.78 is 15.9. The minimum atomic E-state index is -0.108. The lowest BCUT2D eigenvalue weighted by atomic mass is 10.0. The molecule has 0 saturated carbocycles. The lowest BCUT2D eigenvalue weighted by Gasteiger charge is -2.19. The molecule has 0 N–H and O–H groups in total. The van der Waals surface area contributed by atoms with Crippen LogP contribution >= 0.6 is 11.6 Å². The number of unbranched alkanes of at least 4 members (excludes halogenated alkanes) is 7. The van der Waals surface area contributed by atoms with Gasteiger partial charge in [-0.15, -0.1) is 11.6 Å². The Balaban J connectivity index is 2.09. The topological polar surface area (TPSA) is 44.8 Å². The van der Waals surface area contributed by atoms with Gasteiger partial charge in [0.05, 0.1) is 12.5 Å². The minimum absolute atomic E-state index is 0.0100. The maximum atomic E-state index is 11.0. The summed E-state index contributed by atoms with van der Waals surface area (Å²) in [5.74, 6) is -0.108. The van der Waals surface area contributed by atoms with Gasteiger partial charge in [0.1, 0.15) is 19.0 Å². The molecule has 0 aromatic heterocycles. The lowest BCUT2D eigenvalue weighted by Crippen LogP contribution is -2.30. The zero-order chi connectivity index (χ0) is 18.3. The highest BCUT2D eigenvalue weighted by Gasteiger charge is 2.32. The summed E-state index contributed by atoms with van der Waals surface area (Å²) in [4.78, 5) is 11.0. The van der Waals surface area contributed by atoms with Crippen molar-refractivity contribution in [2.75, 3.05) is 13.9 Å². The van der Waals surface area contributed by atoms with Gasteiger partial charge in [0, 0.05) is 6.42 Å². The first-order chi connectivity index (χ1) is 12.2. The van der Waals surface area contributed by atoms with Crippen molar-refractivity contribution in [3.8, 4) is 0 Å². The maximum absolute atomic E-state index is 11.0. The van der Waals surface area contributed by atoms with Gasteiger partial charge in [0.25, 0.3) is 0 Å². The quantitative estimate of drug-likeness (QED) is 0.177. The predicted molar refractivity (Wildman–Crippen MR) is 102 cm³/mol. The summed E-state index contributed by atoms with van der Waals surface area (Å²) >= 11 is 6.49. The molecule has 3 atom stereocenters. The largest absolute Gasteiger partial charge is 0.469 e. The van der Waals surface area contributed by atoms with Crippen LogP contribution in [0, 0.1) is 0 Å². The third kappa shape index (κ3) is 10.2. The number of carbonyl (C=O) groups excluding carboxylic acids is 1. The molecule has 0 amide bonds. The number of rotatable bonds is 14. The molecule has 1 aliphatic heterocycles. The van der Waals surface area contributed by atoms with E-state index in [1.54, 1.807) is 0 Å². The number of hydrogen-bond acceptors (Lipinski definition) is 4. The first-order valence-corrected chi connectivity index (χ1v) is 10.2. The summed E-state index contributed by atoms with van der Waals surface area (Å²) in [5.41, 5.74) is 0. The fraction of sp³-hybridized carbons (Fsp3) is 0.850. The molecule has 1 rings (SSSR count). The monoisotopic (exact) mass is 374 g/mol. The smallest absolute Gasteiger partial charge is 0.305 e. The van der Waals surface area contributed by atoms with Gasteiger partial charge in [-0.05, 0) is 25.7 Å². The fourth-order valence-corrected chi connectivity index (χ4v) is 3.38. The molecule has 5 heteroatoms. The van der Waals surface area contributed by atoms with E-state index in [0.29, 0.717) is 13.2 Å². The van der Waals surface area contributed by atoms with E-state index in [0.717, 1.165) is 44.9 Å². The molecule has 0 spiro atoms. The SMILES string of the molecule is CCCCCC(Cl)C1OCOC1/C=C/CCCCCCCC(=O)OC. The lowest BCUT2D eigenvalue weighted by molar-refractivity contribution is -0.140. The van der Waals surface area contributed by atoms with E-state index in [1.165, 1.54) is 26.4 Å². The molecule has 1 heterocycles. The van der Waals surface area contributed by atoms with E-state index < -0.39 is 0 Å². The van der Waals surface area contributed by atoms with E-state index >= 15 is 0 Å². The van der Waals surface area contributed by atoms with Gasteiger partial charge in [-0.25, -0.2) is 0 Å². The predicted octanol–water partition coefficient (Wildman–Crippen LogP) is 5.38. The van der Waals surface area contributed by atoms with E-state index in [9.17, 15) is 4.79 Å². The average Bonchev–Trinajstić information content (AvgIpc) is 3.08. The Bertz CT molecular complexity index is 373. The molecular formula is C20H35ClO4. The van der Waals surface area contributed by atoms with Gasteiger partial charge in [0.2, 0.25) is 0 Å². The number of esters is 1. The Labute approximate surface area is 158 Å². The van der Waals surface area contributed by atoms with Gasteiger partial charge in [-0.2, -0.15) is 0 Å². The van der Waals surface area contributed by atoms with E-state index in [1.807, 2.05) is 0 Å². The second-order valence-corrected chi connectivity index (χ2v) is 7.26. The normalized spacial score (nSPS) is 21.7. The van der Waals surface area contributed by atoms with Gasteiger partial charge in [0.15, 0.2) is 0 Å². The van der Waals surface area contributed by atoms with Gasteiger partial charge < -0.3 is 14.2 Å². The molecule has 25 heavy (non-hydrogen) atoms. The number of ether oxygens (including phenoxy) is 3. The summed E-state index contributed by atoms with van der Waals surface area (Å²) in [6, 6.07) is 0.